The van der Waals surface area contributed by atoms with E-state index in [4.69, 9.17) is 0 Å². The van der Waals surface area contributed by atoms with Crippen molar-refractivity contribution in [2.24, 2.45) is 0 Å². The summed E-state index contributed by atoms with van der Waals surface area (Å²) in [6.07, 6.45) is 1.19. The Kier molecular flexibility index (Phi) is 3.73. The molecular weight excluding hydrogens is 236 g/mol. The SMILES string of the molecule is CN1CCN(NCc2ccc3c(c2)CCN3C)CC1. The van der Waals surface area contributed by atoms with Gasteiger partial charge in [-0.3, -0.25) is 5.43 Å². The Morgan fingerprint density at radius 2 is 1.84 bits per heavy atom. The molecule has 1 aromatic carbocycles. The Bertz CT molecular complexity index is 438. The maximum absolute atomic E-state index is 3.55. The quantitative estimate of drug-likeness (QED) is 0.873. The summed E-state index contributed by atoms with van der Waals surface area (Å²) in [6.45, 7) is 6.64. The largest absolute Gasteiger partial charge is 0.374 e. The third-order valence-corrected chi connectivity index (χ3v) is 4.28. The molecular formula is C15H24N4. The molecule has 2 aliphatic heterocycles. The molecule has 0 atom stereocenters. The summed E-state index contributed by atoms with van der Waals surface area (Å²) >= 11 is 0. The number of rotatable bonds is 3. The van der Waals surface area contributed by atoms with Gasteiger partial charge in [-0.25, -0.2) is 5.01 Å². The highest BCUT2D eigenvalue weighted by Gasteiger charge is 2.16. The highest BCUT2D eigenvalue weighted by Crippen LogP contribution is 2.27. The highest BCUT2D eigenvalue weighted by molar-refractivity contribution is 5.58. The molecule has 1 aromatic rings. The molecule has 0 bridgehead atoms. The molecule has 0 unspecified atom stereocenters. The lowest BCUT2D eigenvalue weighted by atomic mass is 10.1. The summed E-state index contributed by atoms with van der Waals surface area (Å²) in [5.74, 6) is 0. The molecule has 0 saturated carbocycles. The minimum atomic E-state index is 0.945. The smallest absolute Gasteiger partial charge is 0.0397 e. The summed E-state index contributed by atoms with van der Waals surface area (Å²) in [7, 11) is 4.36. The molecule has 0 radical (unpaired) electrons. The number of piperazine rings is 1. The van der Waals surface area contributed by atoms with Crippen LogP contribution in [0.25, 0.3) is 0 Å². The number of benzene rings is 1. The first kappa shape index (κ1) is 12.9. The maximum Gasteiger partial charge on any atom is 0.0397 e. The molecule has 0 aromatic heterocycles. The van der Waals surface area contributed by atoms with Crippen LogP contribution in [-0.4, -0.2) is 56.7 Å². The Morgan fingerprint density at radius 1 is 1.05 bits per heavy atom. The lowest BCUT2D eigenvalue weighted by molar-refractivity contribution is 0.102. The van der Waals surface area contributed by atoms with Crippen molar-refractivity contribution in [2.45, 2.75) is 13.0 Å². The minimum Gasteiger partial charge on any atom is -0.374 e. The Labute approximate surface area is 116 Å². The zero-order valence-electron chi connectivity index (χ0n) is 12.0. The van der Waals surface area contributed by atoms with Crippen LogP contribution in [0.5, 0.6) is 0 Å². The van der Waals surface area contributed by atoms with E-state index < -0.39 is 0 Å². The predicted octanol–water partition coefficient (Wildman–Crippen LogP) is 0.931. The number of nitrogens with zero attached hydrogens (tertiary/aromatic N) is 3. The molecule has 0 amide bonds. The van der Waals surface area contributed by atoms with Gasteiger partial charge in [0.05, 0.1) is 0 Å². The van der Waals surface area contributed by atoms with Gasteiger partial charge in [0.25, 0.3) is 0 Å². The first-order chi connectivity index (χ1) is 9.22. The van der Waals surface area contributed by atoms with E-state index in [2.05, 4.69) is 52.5 Å². The van der Waals surface area contributed by atoms with Crippen LogP contribution in [0, 0.1) is 0 Å². The molecule has 3 rings (SSSR count). The van der Waals surface area contributed by atoms with Gasteiger partial charge in [-0.1, -0.05) is 12.1 Å². The molecule has 2 aliphatic rings. The van der Waals surface area contributed by atoms with Crippen LogP contribution in [0.4, 0.5) is 5.69 Å². The number of nitrogens with one attached hydrogen (secondary N) is 1. The topological polar surface area (TPSA) is 21.8 Å². The molecule has 4 nitrogen and oxygen atoms in total. The van der Waals surface area contributed by atoms with E-state index in [1.165, 1.54) is 23.2 Å². The van der Waals surface area contributed by atoms with E-state index >= 15 is 0 Å². The molecule has 0 aliphatic carbocycles. The van der Waals surface area contributed by atoms with E-state index in [0.29, 0.717) is 0 Å². The average molecular weight is 260 g/mol. The Hall–Kier alpha value is -1.10. The van der Waals surface area contributed by atoms with Crippen LogP contribution < -0.4 is 10.3 Å². The normalized spacial score (nSPS) is 20.8. The summed E-state index contributed by atoms with van der Waals surface area (Å²) in [6, 6.07) is 6.88. The standard InChI is InChI=1S/C15H24N4/c1-17-7-9-19(10-8-17)16-12-13-3-4-15-14(11-13)5-6-18(15)2/h3-4,11,16H,5-10,12H2,1-2H3. The van der Waals surface area contributed by atoms with Gasteiger partial charge in [-0.15, -0.1) is 0 Å². The fraction of sp³-hybridized carbons (Fsp3) is 0.600. The van der Waals surface area contributed by atoms with E-state index in [1.54, 1.807) is 0 Å². The van der Waals surface area contributed by atoms with E-state index in [9.17, 15) is 0 Å². The zero-order valence-corrected chi connectivity index (χ0v) is 12.0. The molecule has 2 heterocycles. The second-order valence-corrected chi connectivity index (χ2v) is 5.76. The molecule has 4 heteroatoms. The van der Waals surface area contributed by atoms with Crippen molar-refractivity contribution < 1.29 is 0 Å². The monoisotopic (exact) mass is 260 g/mol. The summed E-state index contributed by atoms with van der Waals surface area (Å²) in [4.78, 5) is 4.72. The van der Waals surface area contributed by atoms with Crippen LogP contribution in [0.2, 0.25) is 0 Å². The van der Waals surface area contributed by atoms with Gasteiger partial charge in [-0.05, 0) is 30.7 Å². The number of anilines is 1. The van der Waals surface area contributed by atoms with Crippen LogP contribution >= 0.6 is 0 Å². The van der Waals surface area contributed by atoms with E-state index in [0.717, 1.165) is 39.3 Å². The molecule has 0 spiro atoms. The fourth-order valence-corrected chi connectivity index (χ4v) is 2.90. The van der Waals surface area contributed by atoms with Gasteiger partial charge < -0.3 is 9.80 Å². The lowest BCUT2D eigenvalue weighted by Gasteiger charge is -2.32. The third-order valence-electron chi connectivity index (χ3n) is 4.28. The molecule has 104 valence electrons. The number of hydrogen-bond acceptors (Lipinski definition) is 4. The molecule has 1 saturated heterocycles. The summed E-state index contributed by atoms with van der Waals surface area (Å²) < 4.78 is 0. The second-order valence-electron chi connectivity index (χ2n) is 5.76. The van der Waals surface area contributed by atoms with Gasteiger partial charge in [-0.2, -0.15) is 0 Å². The Morgan fingerprint density at radius 3 is 2.63 bits per heavy atom. The summed E-state index contributed by atoms with van der Waals surface area (Å²) in [5.41, 5.74) is 7.86. The molecule has 1 fully saturated rings. The van der Waals surface area contributed by atoms with Crippen molar-refractivity contribution in [3.63, 3.8) is 0 Å². The third kappa shape index (κ3) is 2.91. The average Bonchev–Trinajstić information content (AvgIpc) is 2.79. The van der Waals surface area contributed by atoms with E-state index in [-0.39, 0.29) is 0 Å². The van der Waals surface area contributed by atoms with Gasteiger partial charge in [0, 0.05) is 52.0 Å². The van der Waals surface area contributed by atoms with Crippen LogP contribution in [0.1, 0.15) is 11.1 Å². The van der Waals surface area contributed by atoms with Gasteiger partial charge in [0.2, 0.25) is 0 Å². The van der Waals surface area contributed by atoms with Crippen molar-refractivity contribution in [1.29, 1.82) is 0 Å². The lowest BCUT2D eigenvalue weighted by Crippen LogP contribution is -2.50. The second kappa shape index (κ2) is 5.49. The predicted molar refractivity (Wildman–Crippen MR) is 79.3 cm³/mol. The van der Waals surface area contributed by atoms with Crippen LogP contribution in [0.15, 0.2) is 18.2 Å². The number of hydrogen-bond donors (Lipinski definition) is 1. The molecule has 1 N–H and O–H groups in total. The highest BCUT2D eigenvalue weighted by atomic mass is 15.5. The van der Waals surface area contributed by atoms with Crippen molar-refractivity contribution in [2.75, 3.05) is 51.7 Å². The Balaban J connectivity index is 1.56. The zero-order chi connectivity index (χ0) is 13.2. The summed E-state index contributed by atoms with van der Waals surface area (Å²) in [5, 5.41) is 2.35. The fourth-order valence-electron chi connectivity index (χ4n) is 2.90. The van der Waals surface area contributed by atoms with Crippen molar-refractivity contribution >= 4 is 5.69 Å². The van der Waals surface area contributed by atoms with Crippen molar-refractivity contribution in [3.05, 3.63) is 29.3 Å². The first-order valence-electron chi connectivity index (χ1n) is 7.22. The van der Waals surface area contributed by atoms with E-state index in [1.807, 2.05) is 0 Å². The first-order valence-corrected chi connectivity index (χ1v) is 7.22. The van der Waals surface area contributed by atoms with Gasteiger partial charge >= 0.3 is 0 Å². The minimum absolute atomic E-state index is 0.945. The number of hydrazine groups is 1. The number of likely N-dealkylation sites (N-methyl/N-ethyl adjacent to an activating group) is 2. The maximum atomic E-state index is 3.55. The van der Waals surface area contributed by atoms with Crippen molar-refractivity contribution in [1.82, 2.24) is 15.3 Å². The van der Waals surface area contributed by atoms with Gasteiger partial charge in [0.15, 0.2) is 0 Å². The van der Waals surface area contributed by atoms with Crippen molar-refractivity contribution in [3.8, 4) is 0 Å². The molecule has 19 heavy (non-hydrogen) atoms. The van der Waals surface area contributed by atoms with Gasteiger partial charge in [0.1, 0.15) is 0 Å². The van der Waals surface area contributed by atoms with Crippen LogP contribution in [-0.2, 0) is 13.0 Å². The van der Waals surface area contributed by atoms with Crippen LogP contribution in [0.3, 0.4) is 0 Å². The number of fused-ring (bicyclic) bond motifs is 1.